The van der Waals surface area contributed by atoms with Crippen LogP contribution in [-0.2, 0) is 6.42 Å². The largest absolute Gasteiger partial charge is 0.488 e. The zero-order valence-corrected chi connectivity index (χ0v) is 11.5. The van der Waals surface area contributed by atoms with Gasteiger partial charge in [0, 0.05) is 6.42 Å². The van der Waals surface area contributed by atoms with Crippen LogP contribution in [0.25, 0.3) is 0 Å². The molecule has 1 heterocycles. The van der Waals surface area contributed by atoms with Gasteiger partial charge in [0.2, 0.25) is 0 Å². The summed E-state index contributed by atoms with van der Waals surface area (Å²) in [6, 6.07) is 13.2. The highest BCUT2D eigenvalue weighted by Gasteiger charge is 2.22. The fourth-order valence-electron chi connectivity index (χ4n) is 2.53. The van der Waals surface area contributed by atoms with Crippen molar-refractivity contribution in [3.8, 4) is 5.75 Å². The summed E-state index contributed by atoms with van der Waals surface area (Å²) in [5.74, 6) is 0.406. The molecule has 1 unspecified atom stereocenters. The Balaban J connectivity index is 1.67. The average molecular weight is 283 g/mol. The summed E-state index contributed by atoms with van der Waals surface area (Å²) in [6.45, 7) is 0.612. The molecule has 1 aliphatic heterocycles. The number of hydrogen-bond acceptors (Lipinski definition) is 4. The van der Waals surface area contributed by atoms with E-state index >= 15 is 0 Å². The van der Waals surface area contributed by atoms with E-state index < -0.39 is 5.91 Å². The van der Waals surface area contributed by atoms with E-state index in [9.17, 15) is 4.79 Å². The predicted molar refractivity (Wildman–Crippen MR) is 82.4 cm³/mol. The van der Waals surface area contributed by atoms with Crippen LogP contribution in [0.1, 0.15) is 15.9 Å². The Morgan fingerprint density at radius 3 is 2.81 bits per heavy atom. The Hall–Kier alpha value is -2.69. The van der Waals surface area contributed by atoms with Crippen LogP contribution >= 0.6 is 0 Å². The van der Waals surface area contributed by atoms with Gasteiger partial charge in [0.15, 0.2) is 0 Å². The molecule has 3 rings (SSSR count). The molecule has 5 heteroatoms. The quantitative estimate of drug-likeness (QED) is 0.746. The van der Waals surface area contributed by atoms with Gasteiger partial charge in [-0.1, -0.05) is 24.3 Å². The fourth-order valence-corrected chi connectivity index (χ4v) is 2.53. The molecule has 5 nitrogen and oxygen atoms in total. The molecule has 1 amide bonds. The highest BCUT2D eigenvalue weighted by Crippen LogP contribution is 2.29. The molecule has 0 bridgehead atoms. The zero-order chi connectivity index (χ0) is 14.8. The Labute approximate surface area is 122 Å². The Morgan fingerprint density at radius 1 is 1.24 bits per heavy atom. The van der Waals surface area contributed by atoms with Crippen LogP contribution in [0.15, 0.2) is 42.5 Å². The van der Waals surface area contributed by atoms with Gasteiger partial charge >= 0.3 is 0 Å². The van der Waals surface area contributed by atoms with Crippen molar-refractivity contribution in [3.63, 3.8) is 0 Å². The van der Waals surface area contributed by atoms with Crippen molar-refractivity contribution in [2.45, 2.75) is 12.5 Å². The molecule has 1 atom stereocenters. The topological polar surface area (TPSA) is 90.4 Å². The minimum Gasteiger partial charge on any atom is -0.488 e. The van der Waals surface area contributed by atoms with Gasteiger partial charge in [-0.05, 0) is 23.8 Å². The highest BCUT2D eigenvalue weighted by atomic mass is 16.5. The molecule has 108 valence electrons. The van der Waals surface area contributed by atoms with Crippen LogP contribution in [-0.4, -0.2) is 18.6 Å². The number of para-hydroxylation sites is 2. The summed E-state index contributed by atoms with van der Waals surface area (Å²) in [6.07, 6.45) is 0.914. The van der Waals surface area contributed by atoms with E-state index in [0.717, 1.165) is 12.2 Å². The number of nitrogens with two attached hydrogens (primary N) is 2. The fraction of sp³-hybridized carbons (Fsp3) is 0.188. The maximum absolute atomic E-state index is 11.3. The van der Waals surface area contributed by atoms with Crippen molar-refractivity contribution in [1.82, 2.24) is 0 Å². The van der Waals surface area contributed by atoms with E-state index in [1.165, 1.54) is 5.56 Å². The number of rotatable bonds is 4. The smallest absolute Gasteiger partial charge is 0.250 e. The summed E-state index contributed by atoms with van der Waals surface area (Å²) >= 11 is 0. The number of benzene rings is 2. The minimum absolute atomic E-state index is 0.0547. The van der Waals surface area contributed by atoms with Crippen LogP contribution in [0, 0.1) is 0 Å². The third-order valence-electron chi connectivity index (χ3n) is 3.61. The third kappa shape index (κ3) is 2.63. The van der Waals surface area contributed by atoms with E-state index in [2.05, 4.69) is 11.4 Å². The van der Waals surface area contributed by atoms with Gasteiger partial charge in [0.05, 0.1) is 23.5 Å². The first-order valence-corrected chi connectivity index (χ1v) is 6.82. The van der Waals surface area contributed by atoms with E-state index in [-0.39, 0.29) is 6.10 Å². The van der Waals surface area contributed by atoms with Crippen LogP contribution in [0.5, 0.6) is 5.75 Å². The summed E-state index contributed by atoms with van der Waals surface area (Å²) in [5, 5.41) is 3.23. The number of carbonyl (C=O) groups excluding carboxylic acids is 1. The number of amides is 1. The summed E-state index contributed by atoms with van der Waals surface area (Å²) in [7, 11) is 0. The Bertz CT molecular complexity index is 660. The van der Waals surface area contributed by atoms with Crippen molar-refractivity contribution in [2.24, 2.45) is 5.73 Å². The molecule has 0 aromatic heterocycles. The van der Waals surface area contributed by atoms with Crippen molar-refractivity contribution >= 4 is 17.3 Å². The van der Waals surface area contributed by atoms with Gasteiger partial charge in [-0.3, -0.25) is 4.79 Å². The van der Waals surface area contributed by atoms with Gasteiger partial charge in [-0.25, -0.2) is 0 Å². The van der Waals surface area contributed by atoms with E-state index in [1.807, 2.05) is 24.3 Å². The summed E-state index contributed by atoms with van der Waals surface area (Å²) in [5.41, 5.74) is 13.9. The van der Waals surface area contributed by atoms with E-state index in [1.54, 1.807) is 12.1 Å². The molecule has 1 aliphatic rings. The number of hydrogen-bond donors (Lipinski definition) is 3. The van der Waals surface area contributed by atoms with Gasteiger partial charge < -0.3 is 21.5 Å². The Kier molecular flexibility index (Phi) is 3.39. The van der Waals surface area contributed by atoms with Crippen molar-refractivity contribution in [3.05, 3.63) is 53.6 Å². The lowest BCUT2D eigenvalue weighted by Crippen LogP contribution is -2.24. The molecule has 5 N–H and O–H groups in total. The van der Waals surface area contributed by atoms with Crippen LogP contribution in [0.4, 0.5) is 11.4 Å². The summed E-state index contributed by atoms with van der Waals surface area (Å²) < 4.78 is 5.85. The molecule has 0 spiro atoms. The molecule has 0 aliphatic carbocycles. The maximum atomic E-state index is 11.3. The maximum Gasteiger partial charge on any atom is 0.250 e. The number of ether oxygens (including phenoxy) is 1. The zero-order valence-electron chi connectivity index (χ0n) is 11.5. The SMILES string of the molecule is NC(=O)c1cccc(NCC2Cc3ccccc3O2)c1N. The first-order valence-electron chi connectivity index (χ1n) is 6.82. The van der Waals surface area contributed by atoms with Crippen molar-refractivity contribution < 1.29 is 9.53 Å². The molecule has 0 fully saturated rings. The highest BCUT2D eigenvalue weighted by molar-refractivity contribution is 6.00. The first-order chi connectivity index (χ1) is 10.1. The molecule has 2 aromatic rings. The number of fused-ring (bicyclic) bond motifs is 1. The van der Waals surface area contributed by atoms with Crippen LogP contribution in [0.3, 0.4) is 0 Å². The predicted octanol–water partition coefficient (Wildman–Crippen LogP) is 1.78. The molecule has 2 aromatic carbocycles. The molecule has 0 saturated heterocycles. The number of nitrogen functional groups attached to an aromatic ring is 1. The van der Waals surface area contributed by atoms with Crippen LogP contribution < -0.4 is 21.5 Å². The number of anilines is 2. The van der Waals surface area contributed by atoms with Crippen molar-refractivity contribution in [2.75, 3.05) is 17.6 Å². The van der Waals surface area contributed by atoms with Crippen molar-refractivity contribution in [1.29, 1.82) is 0 Å². The lowest BCUT2D eigenvalue weighted by molar-refractivity contribution is 0.100. The normalized spacial score (nSPS) is 16.1. The average Bonchev–Trinajstić information content (AvgIpc) is 2.88. The second-order valence-corrected chi connectivity index (χ2v) is 5.06. The number of carbonyl (C=O) groups is 1. The van der Waals surface area contributed by atoms with Gasteiger partial charge in [0.25, 0.3) is 5.91 Å². The molecular formula is C16H17N3O2. The van der Waals surface area contributed by atoms with Crippen LogP contribution in [0.2, 0.25) is 0 Å². The van der Waals surface area contributed by atoms with Gasteiger partial charge in [0.1, 0.15) is 11.9 Å². The molecule has 0 radical (unpaired) electrons. The second kappa shape index (κ2) is 5.36. The number of primary amides is 1. The van der Waals surface area contributed by atoms with Gasteiger partial charge in [-0.2, -0.15) is 0 Å². The van der Waals surface area contributed by atoms with E-state index in [0.29, 0.717) is 23.5 Å². The Morgan fingerprint density at radius 2 is 2.05 bits per heavy atom. The van der Waals surface area contributed by atoms with Gasteiger partial charge in [-0.15, -0.1) is 0 Å². The molecule has 21 heavy (non-hydrogen) atoms. The molecular weight excluding hydrogens is 266 g/mol. The monoisotopic (exact) mass is 283 g/mol. The first kappa shape index (κ1) is 13.3. The standard InChI is InChI=1S/C16H17N3O2/c17-15-12(16(18)20)5-3-6-13(15)19-9-11-8-10-4-1-2-7-14(10)21-11/h1-7,11,19H,8-9,17H2,(H2,18,20). The number of nitrogens with one attached hydrogen (secondary N) is 1. The van der Waals surface area contributed by atoms with E-state index in [4.69, 9.17) is 16.2 Å². The third-order valence-corrected chi connectivity index (χ3v) is 3.61. The summed E-state index contributed by atoms with van der Waals surface area (Å²) in [4.78, 5) is 11.3. The minimum atomic E-state index is -0.527. The lowest BCUT2D eigenvalue weighted by Gasteiger charge is -2.15. The second-order valence-electron chi connectivity index (χ2n) is 5.06. The molecule has 0 saturated carbocycles. The lowest BCUT2D eigenvalue weighted by atomic mass is 10.1.